The van der Waals surface area contributed by atoms with Crippen LogP contribution >= 0.6 is 23.5 Å². The second-order valence-electron chi connectivity index (χ2n) is 4.15. The van der Waals surface area contributed by atoms with Gasteiger partial charge in [-0.3, -0.25) is 0 Å². The van der Waals surface area contributed by atoms with Crippen molar-refractivity contribution in [2.45, 2.75) is 30.7 Å². The van der Waals surface area contributed by atoms with Crippen molar-refractivity contribution >= 4 is 23.5 Å². The molecule has 1 unspecified atom stereocenters. The normalized spacial score (nSPS) is 12.6. The van der Waals surface area contributed by atoms with E-state index in [1.54, 1.807) is 11.8 Å². The van der Waals surface area contributed by atoms with E-state index in [1.807, 2.05) is 11.8 Å². The van der Waals surface area contributed by atoms with E-state index in [-0.39, 0.29) is 0 Å². The summed E-state index contributed by atoms with van der Waals surface area (Å²) in [4.78, 5) is 1.33. The van der Waals surface area contributed by atoms with Gasteiger partial charge >= 0.3 is 0 Å². The molecule has 0 heterocycles. The van der Waals surface area contributed by atoms with Crippen LogP contribution in [0.4, 0.5) is 0 Å². The molecule has 96 valence electrons. The van der Waals surface area contributed by atoms with E-state index in [0.717, 1.165) is 6.54 Å². The fourth-order valence-electron chi connectivity index (χ4n) is 1.70. The molecule has 0 aliphatic rings. The van der Waals surface area contributed by atoms with E-state index in [4.69, 9.17) is 0 Å². The Bertz CT molecular complexity index is 298. The first-order valence-electron chi connectivity index (χ1n) is 6.14. The Morgan fingerprint density at radius 2 is 1.82 bits per heavy atom. The van der Waals surface area contributed by atoms with Gasteiger partial charge < -0.3 is 5.32 Å². The quantitative estimate of drug-likeness (QED) is 0.561. The van der Waals surface area contributed by atoms with Gasteiger partial charge in [0.15, 0.2) is 0 Å². The second kappa shape index (κ2) is 8.90. The third kappa shape index (κ3) is 5.84. The first-order chi connectivity index (χ1) is 8.27. The zero-order chi connectivity index (χ0) is 12.5. The van der Waals surface area contributed by atoms with Gasteiger partial charge in [0, 0.05) is 10.9 Å². The van der Waals surface area contributed by atoms with Crippen LogP contribution in [0.5, 0.6) is 0 Å². The van der Waals surface area contributed by atoms with Gasteiger partial charge in [0.1, 0.15) is 0 Å². The highest BCUT2D eigenvalue weighted by Crippen LogP contribution is 2.18. The summed E-state index contributed by atoms with van der Waals surface area (Å²) >= 11 is 3.72. The van der Waals surface area contributed by atoms with Crippen LogP contribution in [0, 0.1) is 0 Å². The minimum absolute atomic E-state index is 0.459. The fraction of sp³-hybridized carbons (Fsp3) is 0.571. The SMILES string of the molecule is CSCCCCNC(C)c1ccc(SC)cc1. The number of thioether (sulfide) groups is 2. The molecule has 0 aromatic heterocycles. The van der Waals surface area contributed by atoms with Gasteiger partial charge in [-0.15, -0.1) is 11.8 Å². The van der Waals surface area contributed by atoms with Crippen LogP contribution in [0.2, 0.25) is 0 Å². The summed E-state index contributed by atoms with van der Waals surface area (Å²) in [5.41, 5.74) is 1.38. The van der Waals surface area contributed by atoms with Crippen LogP contribution in [-0.2, 0) is 0 Å². The van der Waals surface area contributed by atoms with Gasteiger partial charge in [-0.25, -0.2) is 0 Å². The van der Waals surface area contributed by atoms with E-state index < -0.39 is 0 Å². The molecule has 0 bridgehead atoms. The van der Waals surface area contributed by atoms with Crippen molar-refractivity contribution < 1.29 is 0 Å². The van der Waals surface area contributed by atoms with Crippen LogP contribution in [0.15, 0.2) is 29.2 Å². The van der Waals surface area contributed by atoms with Crippen LogP contribution < -0.4 is 5.32 Å². The molecule has 1 aromatic carbocycles. The number of hydrogen-bond acceptors (Lipinski definition) is 3. The van der Waals surface area contributed by atoms with Gasteiger partial charge in [0.25, 0.3) is 0 Å². The molecule has 0 fully saturated rings. The Labute approximate surface area is 114 Å². The van der Waals surface area contributed by atoms with Crippen molar-refractivity contribution in [2.75, 3.05) is 24.8 Å². The third-order valence-electron chi connectivity index (χ3n) is 2.84. The summed E-state index contributed by atoms with van der Waals surface area (Å²) in [6, 6.07) is 9.31. The van der Waals surface area contributed by atoms with Gasteiger partial charge in [0.05, 0.1) is 0 Å². The van der Waals surface area contributed by atoms with Crippen LogP contribution in [-0.4, -0.2) is 24.8 Å². The predicted molar refractivity (Wildman–Crippen MR) is 82.3 cm³/mol. The molecule has 1 nitrogen and oxygen atoms in total. The van der Waals surface area contributed by atoms with E-state index in [0.29, 0.717) is 6.04 Å². The first-order valence-corrected chi connectivity index (χ1v) is 8.76. The highest BCUT2D eigenvalue weighted by atomic mass is 32.2. The van der Waals surface area contributed by atoms with Crippen molar-refractivity contribution in [2.24, 2.45) is 0 Å². The molecule has 0 saturated carbocycles. The highest BCUT2D eigenvalue weighted by molar-refractivity contribution is 7.98. The number of benzene rings is 1. The molecule has 17 heavy (non-hydrogen) atoms. The maximum Gasteiger partial charge on any atom is 0.0291 e. The Kier molecular flexibility index (Phi) is 7.82. The molecule has 1 atom stereocenters. The molecule has 0 aliphatic heterocycles. The Balaban J connectivity index is 2.28. The number of nitrogens with one attached hydrogen (secondary N) is 1. The van der Waals surface area contributed by atoms with E-state index in [1.165, 1.54) is 29.1 Å². The number of unbranched alkanes of at least 4 members (excludes halogenated alkanes) is 1. The lowest BCUT2D eigenvalue weighted by atomic mass is 10.1. The molecule has 0 saturated heterocycles. The topological polar surface area (TPSA) is 12.0 Å². The average Bonchev–Trinajstić information content (AvgIpc) is 2.38. The summed E-state index contributed by atoms with van der Waals surface area (Å²) in [5.74, 6) is 1.28. The van der Waals surface area contributed by atoms with E-state index in [2.05, 4.69) is 49.0 Å². The molecule has 0 amide bonds. The summed E-state index contributed by atoms with van der Waals surface area (Å²) in [6.07, 6.45) is 6.87. The lowest BCUT2D eigenvalue weighted by molar-refractivity contribution is 0.555. The van der Waals surface area contributed by atoms with Gasteiger partial charge in [-0.05, 0) is 62.3 Å². The molecule has 0 aliphatic carbocycles. The van der Waals surface area contributed by atoms with Crippen LogP contribution in [0.25, 0.3) is 0 Å². The zero-order valence-corrected chi connectivity index (χ0v) is 12.7. The van der Waals surface area contributed by atoms with E-state index in [9.17, 15) is 0 Å². The minimum Gasteiger partial charge on any atom is -0.310 e. The van der Waals surface area contributed by atoms with Gasteiger partial charge in [-0.2, -0.15) is 11.8 Å². The van der Waals surface area contributed by atoms with E-state index >= 15 is 0 Å². The Morgan fingerprint density at radius 1 is 1.12 bits per heavy atom. The monoisotopic (exact) mass is 269 g/mol. The lowest BCUT2D eigenvalue weighted by Gasteiger charge is -2.14. The predicted octanol–water partition coefficient (Wildman–Crippen LogP) is 4.20. The van der Waals surface area contributed by atoms with Crippen molar-refractivity contribution in [3.63, 3.8) is 0 Å². The fourth-order valence-corrected chi connectivity index (χ4v) is 2.60. The van der Waals surface area contributed by atoms with Gasteiger partial charge in [-0.1, -0.05) is 12.1 Å². The average molecular weight is 269 g/mol. The summed E-state index contributed by atoms with van der Waals surface area (Å²) < 4.78 is 0. The Morgan fingerprint density at radius 3 is 2.41 bits per heavy atom. The summed E-state index contributed by atoms with van der Waals surface area (Å²) in [7, 11) is 0. The summed E-state index contributed by atoms with van der Waals surface area (Å²) in [6.45, 7) is 3.36. The first kappa shape index (κ1) is 14.9. The molecule has 1 aromatic rings. The lowest BCUT2D eigenvalue weighted by Crippen LogP contribution is -2.19. The molecule has 0 spiro atoms. The molecular formula is C14H23NS2. The smallest absolute Gasteiger partial charge is 0.0291 e. The number of rotatable bonds is 8. The zero-order valence-electron chi connectivity index (χ0n) is 11.0. The minimum atomic E-state index is 0.459. The second-order valence-corrected chi connectivity index (χ2v) is 6.01. The highest BCUT2D eigenvalue weighted by Gasteiger charge is 2.03. The molecule has 0 radical (unpaired) electrons. The van der Waals surface area contributed by atoms with Gasteiger partial charge in [0.2, 0.25) is 0 Å². The van der Waals surface area contributed by atoms with Crippen molar-refractivity contribution in [1.29, 1.82) is 0 Å². The van der Waals surface area contributed by atoms with Crippen molar-refractivity contribution in [1.82, 2.24) is 5.32 Å². The third-order valence-corrected chi connectivity index (χ3v) is 4.28. The van der Waals surface area contributed by atoms with Crippen LogP contribution in [0.3, 0.4) is 0 Å². The molecule has 1 N–H and O–H groups in total. The van der Waals surface area contributed by atoms with Crippen LogP contribution in [0.1, 0.15) is 31.4 Å². The Hall–Kier alpha value is -0.120. The number of hydrogen-bond donors (Lipinski definition) is 1. The summed E-state index contributed by atoms with van der Waals surface area (Å²) in [5, 5.41) is 3.58. The largest absolute Gasteiger partial charge is 0.310 e. The van der Waals surface area contributed by atoms with Crippen molar-refractivity contribution in [3.05, 3.63) is 29.8 Å². The molecule has 1 rings (SSSR count). The molecular weight excluding hydrogens is 246 g/mol. The van der Waals surface area contributed by atoms with Crippen molar-refractivity contribution in [3.8, 4) is 0 Å². The molecule has 3 heteroatoms. The maximum absolute atomic E-state index is 3.58. The standard InChI is InChI=1S/C14H23NS2/c1-12(15-10-4-5-11-16-2)13-6-8-14(17-3)9-7-13/h6-9,12,15H,4-5,10-11H2,1-3H3. The maximum atomic E-state index is 3.58.